The molecule has 0 saturated heterocycles. The number of Topliss-reactive ketones (excluding diaryl/α,β-unsaturated/α-hetero) is 1. The van der Waals surface area contributed by atoms with Gasteiger partial charge < -0.3 is 14.4 Å². The molecule has 1 aromatic heterocycles. The highest BCUT2D eigenvalue weighted by Gasteiger charge is 2.40. The van der Waals surface area contributed by atoms with Crippen LogP contribution in [0.4, 0.5) is 14.5 Å². The summed E-state index contributed by atoms with van der Waals surface area (Å²) in [6.07, 6.45) is 5.17. The molecule has 0 N–H and O–H groups in total. The number of alkyl halides is 3. The van der Waals surface area contributed by atoms with Crippen LogP contribution >= 0.6 is 11.6 Å². The summed E-state index contributed by atoms with van der Waals surface area (Å²) in [6.45, 7) is 9.50. The van der Waals surface area contributed by atoms with Crippen LogP contribution in [0.5, 0.6) is 5.75 Å². The molecule has 0 aliphatic carbocycles. The summed E-state index contributed by atoms with van der Waals surface area (Å²) < 4.78 is 35.9. The van der Waals surface area contributed by atoms with Crippen LogP contribution in [0.2, 0.25) is 0 Å². The number of aromatic nitrogens is 2. The van der Waals surface area contributed by atoms with Crippen LogP contribution in [0.25, 0.3) is 11.1 Å². The van der Waals surface area contributed by atoms with Crippen LogP contribution in [0, 0.1) is 0 Å². The lowest BCUT2D eigenvalue weighted by molar-refractivity contribution is -0.156. The minimum absolute atomic E-state index is 0.0322. The smallest absolute Gasteiger partial charge is 0.458 e. The molecule has 3 aromatic rings. The lowest BCUT2D eigenvalue weighted by atomic mass is 9.94. The number of fused-ring (bicyclic) bond motifs is 1. The fourth-order valence-corrected chi connectivity index (χ4v) is 4.81. The maximum absolute atomic E-state index is 13.4. The first-order chi connectivity index (χ1) is 18.2. The lowest BCUT2D eigenvalue weighted by Gasteiger charge is -2.33. The Bertz CT molecular complexity index is 1350. The van der Waals surface area contributed by atoms with Gasteiger partial charge in [-0.3, -0.25) is 4.79 Å². The Morgan fingerprint density at radius 3 is 2.31 bits per heavy atom. The second-order valence-electron chi connectivity index (χ2n) is 10.7. The molecule has 2 heterocycles. The van der Waals surface area contributed by atoms with Crippen molar-refractivity contribution >= 4 is 29.0 Å². The topological polar surface area (TPSA) is 81.6 Å². The Morgan fingerprint density at radius 1 is 1.10 bits per heavy atom. The molecule has 206 valence electrons. The molecule has 10 heteroatoms. The number of rotatable bonds is 8. The van der Waals surface area contributed by atoms with E-state index < -0.39 is 17.2 Å². The van der Waals surface area contributed by atoms with Gasteiger partial charge in [0, 0.05) is 65.3 Å². The van der Waals surface area contributed by atoms with Gasteiger partial charge in [-0.2, -0.15) is 0 Å². The van der Waals surface area contributed by atoms with Crippen LogP contribution in [-0.4, -0.2) is 45.0 Å². The van der Waals surface area contributed by atoms with Crippen LogP contribution in [-0.2, 0) is 22.4 Å². The molecular formula is C29H30ClF2N3O4. The summed E-state index contributed by atoms with van der Waals surface area (Å²) in [4.78, 5) is 37.0. The van der Waals surface area contributed by atoms with E-state index in [9.17, 15) is 18.4 Å². The fourth-order valence-electron chi connectivity index (χ4n) is 4.72. The van der Waals surface area contributed by atoms with E-state index in [0.717, 1.165) is 16.8 Å². The van der Waals surface area contributed by atoms with Gasteiger partial charge in [-0.05, 0) is 70.0 Å². The zero-order valence-corrected chi connectivity index (χ0v) is 23.1. The normalized spacial score (nSPS) is 15.3. The van der Waals surface area contributed by atoms with Gasteiger partial charge in [0.1, 0.15) is 23.7 Å². The number of benzene rings is 2. The molecule has 0 fully saturated rings. The first-order valence-corrected chi connectivity index (χ1v) is 12.9. The van der Waals surface area contributed by atoms with Gasteiger partial charge in [0.25, 0.3) is 0 Å². The van der Waals surface area contributed by atoms with Crippen molar-refractivity contribution in [2.75, 3.05) is 4.90 Å². The summed E-state index contributed by atoms with van der Waals surface area (Å²) in [5, 5.41) is 0. The number of ketones is 1. The van der Waals surface area contributed by atoms with Gasteiger partial charge in [0.05, 0.1) is 0 Å². The molecule has 0 amide bonds. The molecule has 1 aliphatic heterocycles. The highest BCUT2D eigenvalue weighted by Crippen LogP contribution is 2.43. The number of carbonyl (C=O) groups is 2. The average Bonchev–Trinajstić information content (AvgIpc) is 3.23. The van der Waals surface area contributed by atoms with E-state index in [0.29, 0.717) is 23.1 Å². The van der Waals surface area contributed by atoms with Gasteiger partial charge >= 0.3 is 11.5 Å². The van der Waals surface area contributed by atoms with E-state index in [1.165, 1.54) is 30.6 Å². The van der Waals surface area contributed by atoms with Crippen molar-refractivity contribution in [1.82, 2.24) is 9.97 Å². The van der Waals surface area contributed by atoms with Crippen molar-refractivity contribution in [2.45, 2.75) is 70.7 Å². The van der Waals surface area contributed by atoms with Crippen molar-refractivity contribution < 1.29 is 27.8 Å². The van der Waals surface area contributed by atoms with Crippen LogP contribution in [0.15, 0.2) is 55.1 Å². The predicted molar refractivity (Wildman–Crippen MR) is 144 cm³/mol. The zero-order chi connectivity index (χ0) is 28.5. The SMILES string of the molecule is CC(C)N1c2c(cc(C(=O)Cc3ccc(OC(F)(F)Cl)cc3)cc2-c2cncnc2)CC1C(=O)OC(C)(C)C. The molecule has 2 aromatic carbocycles. The molecule has 1 unspecified atom stereocenters. The van der Waals surface area contributed by atoms with E-state index >= 15 is 0 Å². The molecule has 1 atom stereocenters. The first kappa shape index (κ1) is 28.4. The molecule has 0 bridgehead atoms. The second-order valence-corrected chi connectivity index (χ2v) is 11.1. The number of hydrogen-bond donors (Lipinski definition) is 0. The van der Waals surface area contributed by atoms with Gasteiger partial charge in [-0.25, -0.2) is 14.8 Å². The summed E-state index contributed by atoms with van der Waals surface area (Å²) in [7, 11) is 0. The fraction of sp³-hybridized carbons (Fsp3) is 0.379. The van der Waals surface area contributed by atoms with Gasteiger partial charge in [-0.15, -0.1) is 8.78 Å². The second kappa shape index (κ2) is 10.9. The molecule has 0 radical (unpaired) electrons. The summed E-state index contributed by atoms with van der Waals surface area (Å²) in [6, 6.07) is 8.76. The highest BCUT2D eigenvalue weighted by atomic mass is 35.5. The third-order valence-corrected chi connectivity index (χ3v) is 6.22. The molecule has 1 aliphatic rings. The monoisotopic (exact) mass is 557 g/mol. The minimum atomic E-state index is -3.82. The van der Waals surface area contributed by atoms with Gasteiger partial charge in [0.2, 0.25) is 0 Å². The van der Waals surface area contributed by atoms with E-state index in [2.05, 4.69) is 14.7 Å². The van der Waals surface area contributed by atoms with E-state index in [-0.39, 0.29) is 30.0 Å². The standard InChI is InChI=1S/C29H30ClF2N3O4/c1-17(2)35-24(27(37)39-28(3,4)5)13-20-11-19(12-23(26(20)35)21-14-33-16-34-15-21)25(36)10-18-6-8-22(9-7-18)38-29(30,31)32/h6-9,11-12,14-17,24H,10,13H2,1-5H3. The third-order valence-electron chi connectivity index (χ3n) is 6.15. The Labute approximate surface area is 231 Å². The molecular weight excluding hydrogens is 528 g/mol. The molecule has 39 heavy (non-hydrogen) atoms. The number of hydrogen-bond acceptors (Lipinski definition) is 7. The number of carbonyl (C=O) groups excluding carboxylic acids is 2. The Balaban J connectivity index is 1.71. The van der Waals surface area contributed by atoms with Crippen molar-refractivity contribution in [3.63, 3.8) is 0 Å². The van der Waals surface area contributed by atoms with E-state index in [4.69, 9.17) is 16.3 Å². The summed E-state index contributed by atoms with van der Waals surface area (Å²) >= 11 is 4.82. The lowest BCUT2D eigenvalue weighted by Crippen LogP contribution is -2.46. The van der Waals surface area contributed by atoms with E-state index in [1.807, 2.05) is 45.6 Å². The average molecular weight is 558 g/mol. The number of nitrogens with zero attached hydrogens (tertiary/aromatic N) is 3. The van der Waals surface area contributed by atoms with Crippen molar-refractivity contribution in [2.24, 2.45) is 0 Å². The van der Waals surface area contributed by atoms with Crippen molar-refractivity contribution in [1.29, 1.82) is 0 Å². The summed E-state index contributed by atoms with van der Waals surface area (Å²) in [5.41, 5.74) is -0.258. The molecule has 0 spiro atoms. The molecule has 4 rings (SSSR count). The van der Waals surface area contributed by atoms with Crippen LogP contribution in [0.3, 0.4) is 0 Å². The van der Waals surface area contributed by atoms with E-state index in [1.54, 1.807) is 18.5 Å². The number of ether oxygens (including phenoxy) is 2. The highest BCUT2D eigenvalue weighted by molar-refractivity contribution is 6.20. The summed E-state index contributed by atoms with van der Waals surface area (Å²) in [5.74, 6) is -0.624. The van der Waals surface area contributed by atoms with Gasteiger partial charge in [-0.1, -0.05) is 12.1 Å². The zero-order valence-electron chi connectivity index (χ0n) is 22.4. The number of esters is 1. The number of anilines is 1. The Morgan fingerprint density at radius 2 is 1.74 bits per heavy atom. The van der Waals surface area contributed by atoms with Gasteiger partial charge in [0.15, 0.2) is 5.78 Å². The molecule has 0 saturated carbocycles. The third kappa shape index (κ3) is 6.89. The maximum Gasteiger partial charge on any atom is 0.487 e. The largest absolute Gasteiger partial charge is 0.487 e. The van der Waals surface area contributed by atoms with Crippen LogP contribution in [0.1, 0.15) is 56.1 Å². The Hall–Kier alpha value is -3.59. The van der Waals surface area contributed by atoms with Crippen molar-refractivity contribution in [3.05, 3.63) is 71.8 Å². The predicted octanol–water partition coefficient (Wildman–Crippen LogP) is 6.22. The maximum atomic E-state index is 13.4. The first-order valence-electron chi connectivity index (χ1n) is 12.5. The minimum Gasteiger partial charge on any atom is -0.458 e. The van der Waals surface area contributed by atoms with Crippen LogP contribution < -0.4 is 9.64 Å². The number of halogens is 3. The molecule has 7 nitrogen and oxygen atoms in total. The quantitative estimate of drug-likeness (QED) is 0.185. The Kier molecular flexibility index (Phi) is 7.93. The van der Waals surface area contributed by atoms with Crippen molar-refractivity contribution in [3.8, 4) is 16.9 Å².